The van der Waals surface area contributed by atoms with E-state index in [0.29, 0.717) is 18.4 Å². The molecule has 1 atom stereocenters. The number of nitrogens with two attached hydrogens (primary N) is 1. The minimum Gasteiger partial charge on any atom is -0.381 e. The maximum Gasteiger partial charge on any atom is 0.234 e. The Morgan fingerprint density at radius 3 is 2.29 bits per heavy atom. The zero-order valence-corrected chi connectivity index (χ0v) is 11.9. The van der Waals surface area contributed by atoms with E-state index in [1.54, 1.807) is 0 Å². The van der Waals surface area contributed by atoms with Crippen LogP contribution < -0.4 is 11.1 Å². The fourth-order valence-electron chi connectivity index (χ4n) is 1.39. The highest BCUT2D eigenvalue weighted by molar-refractivity contribution is 5.79. The molecule has 17 heavy (non-hydrogen) atoms. The largest absolute Gasteiger partial charge is 0.381 e. The fourth-order valence-corrected chi connectivity index (χ4v) is 1.39. The van der Waals surface area contributed by atoms with Crippen LogP contribution in [-0.2, 0) is 9.53 Å². The van der Waals surface area contributed by atoms with E-state index in [1.807, 2.05) is 13.8 Å². The number of nitrogens with one attached hydrogen (secondary N) is 1. The van der Waals surface area contributed by atoms with Gasteiger partial charge in [0.25, 0.3) is 0 Å². The summed E-state index contributed by atoms with van der Waals surface area (Å²) in [5, 5.41) is 3.13. The molecular weight excluding hydrogens is 216 g/mol. The van der Waals surface area contributed by atoms with Crippen molar-refractivity contribution in [1.82, 2.24) is 5.32 Å². The quantitative estimate of drug-likeness (QED) is 0.639. The zero-order valence-electron chi connectivity index (χ0n) is 11.9. The maximum atomic E-state index is 11.2. The first kappa shape index (κ1) is 16.4. The minimum absolute atomic E-state index is 0.252. The molecule has 4 heteroatoms. The van der Waals surface area contributed by atoms with Gasteiger partial charge in [0, 0.05) is 19.3 Å². The predicted octanol–water partition coefficient (Wildman–Crippen LogP) is 1.68. The van der Waals surface area contributed by atoms with Crippen LogP contribution in [0.4, 0.5) is 0 Å². The Labute approximate surface area is 105 Å². The summed E-state index contributed by atoms with van der Waals surface area (Å²) in [6.45, 7) is 11.8. The summed E-state index contributed by atoms with van der Waals surface area (Å²) in [5.74, 6) is -0.307. The first-order chi connectivity index (χ1) is 7.72. The molecule has 3 N–H and O–H groups in total. The number of carbonyl (C=O) groups is 1. The summed E-state index contributed by atoms with van der Waals surface area (Å²) in [5.41, 5.74) is 5.60. The summed E-state index contributed by atoms with van der Waals surface area (Å²) in [6, 6.07) is -0.0355. The third kappa shape index (κ3) is 10.3. The number of rotatable bonds is 8. The van der Waals surface area contributed by atoms with Crippen molar-refractivity contribution in [2.75, 3.05) is 13.2 Å². The third-order valence-corrected chi connectivity index (χ3v) is 2.43. The van der Waals surface area contributed by atoms with E-state index >= 15 is 0 Å². The van der Waals surface area contributed by atoms with Gasteiger partial charge in [-0.2, -0.15) is 0 Å². The van der Waals surface area contributed by atoms with Crippen molar-refractivity contribution in [2.45, 2.75) is 59.5 Å². The maximum absolute atomic E-state index is 11.2. The van der Waals surface area contributed by atoms with Crippen LogP contribution in [0.3, 0.4) is 0 Å². The van der Waals surface area contributed by atoms with Gasteiger partial charge in [-0.15, -0.1) is 0 Å². The average Bonchev–Trinajstić information content (AvgIpc) is 2.12. The van der Waals surface area contributed by atoms with Crippen LogP contribution in [0.1, 0.15) is 47.5 Å². The van der Waals surface area contributed by atoms with Crippen molar-refractivity contribution >= 4 is 5.91 Å². The molecule has 0 fully saturated rings. The summed E-state index contributed by atoms with van der Waals surface area (Å²) in [6.07, 6.45) is 1.66. The zero-order chi connectivity index (χ0) is 13.5. The van der Waals surface area contributed by atoms with Gasteiger partial charge < -0.3 is 15.8 Å². The van der Waals surface area contributed by atoms with Crippen LogP contribution in [0.15, 0.2) is 0 Å². The lowest BCUT2D eigenvalue weighted by Crippen LogP contribution is -2.45. The third-order valence-electron chi connectivity index (χ3n) is 2.43. The van der Waals surface area contributed by atoms with Gasteiger partial charge in [0.2, 0.25) is 5.91 Å². The van der Waals surface area contributed by atoms with Gasteiger partial charge in [-0.25, -0.2) is 0 Å². The van der Waals surface area contributed by atoms with Gasteiger partial charge in [-0.3, -0.25) is 4.79 Å². The standard InChI is InChI=1S/C13H28N2O2/c1-10(2)15-11(12(14)16)6-8-17-9-7-13(3,4)5/h10-11,15H,6-9H2,1-5H3,(H2,14,16). The van der Waals surface area contributed by atoms with E-state index in [2.05, 4.69) is 26.1 Å². The molecule has 0 aromatic rings. The van der Waals surface area contributed by atoms with E-state index in [9.17, 15) is 4.79 Å². The molecule has 0 saturated carbocycles. The summed E-state index contributed by atoms with van der Waals surface area (Å²) in [7, 11) is 0. The number of amides is 1. The first-order valence-corrected chi connectivity index (χ1v) is 6.35. The van der Waals surface area contributed by atoms with Crippen LogP contribution in [0.2, 0.25) is 0 Å². The lowest BCUT2D eigenvalue weighted by Gasteiger charge is -2.20. The van der Waals surface area contributed by atoms with E-state index in [-0.39, 0.29) is 18.0 Å². The molecule has 102 valence electrons. The molecule has 0 rings (SSSR count). The van der Waals surface area contributed by atoms with Gasteiger partial charge in [-0.1, -0.05) is 34.6 Å². The van der Waals surface area contributed by atoms with Crippen molar-refractivity contribution in [3.8, 4) is 0 Å². The molecule has 0 bridgehead atoms. The highest BCUT2D eigenvalue weighted by Gasteiger charge is 2.16. The molecule has 0 aliphatic heterocycles. The van der Waals surface area contributed by atoms with E-state index in [0.717, 1.165) is 13.0 Å². The molecule has 0 aromatic carbocycles. The summed E-state index contributed by atoms with van der Waals surface area (Å²) < 4.78 is 5.52. The molecule has 0 aromatic heterocycles. The van der Waals surface area contributed by atoms with E-state index in [4.69, 9.17) is 10.5 Å². The smallest absolute Gasteiger partial charge is 0.234 e. The Hall–Kier alpha value is -0.610. The number of hydrogen-bond acceptors (Lipinski definition) is 3. The predicted molar refractivity (Wildman–Crippen MR) is 70.8 cm³/mol. The molecule has 0 heterocycles. The SMILES string of the molecule is CC(C)NC(CCOCCC(C)(C)C)C(N)=O. The number of carbonyl (C=O) groups excluding carboxylic acids is 1. The van der Waals surface area contributed by atoms with Crippen molar-refractivity contribution in [3.63, 3.8) is 0 Å². The normalized spacial score (nSPS) is 14.0. The van der Waals surface area contributed by atoms with Crippen LogP contribution >= 0.6 is 0 Å². The lowest BCUT2D eigenvalue weighted by molar-refractivity contribution is -0.120. The summed E-state index contributed by atoms with van der Waals surface area (Å²) in [4.78, 5) is 11.2. The number of ether oxygens (including phenoxy) is 1. The van der Waals surface area contributed by atoms with Crippen molar-refractivity contribution < 1.29 is 9.53 Å². The second-order valence-corrected chi connectivity index (χ2v) is 5.99. The molecular formula is C13H28N2O2. The van der Waals surface area contributed by atoms with Crippen LogP contribution in [0.25, 0.3) is 0 Å². The van der Waals surface area contributed by atoms with Gasteiger partial charge >= 0.3 is 0 Å². The van der Waals surface area contributed by atoms with E-state index < -0.39 is 0 Å². The van der Waals surface area contributed by atoms with Gasteiger partial charge in [0.05, 0.1) is 6.04 Å². The van der Waals surface area contributed by atoms with Crippen molar-refractivity contribution in [2.24, 2.45) is 11.1 Å². The number of primary amides is 1. The van der Waals surface area contributed by atoms with Crippen LogP contribution in [0.5, 0.6) is 0 Å². The Balaban J connectivity index is 3.72. The first-order valence-electron chi connectivity index (χ1n) is 6.35. The molecule has 1 unspecified atom stereocenters. The Kier molecular flexibility index (Phi) is 7.39. The number of hydrogen-bond donors (Lipinski definition) is 2. The van der Waals surface area contributed by atoms with Gasteiger partial charge in [0.1, 0.15) is 0 Å². The van der Waals surface area contributed by atoms with E-state index in [1.165, 1.54) is 0 Å². The second kappa shape index (κ2) is 7.67. The van der Waals surface area contributed by atoms with Crippen LogP contribution in [-0.4, -0.2) is 31.2 Å². The molecule has 0 radical (unpaired) electrons. The second-order valence-electron chi connectivity index (χ2n) is 5.99. The Morgan fingerprint density at radius 1 is 1.29 bits per heavy atom. The summed E-state index contributed by atoms with van der Waals surface area (Å²) >= 11 is 0. The average molecular weight is 244 g/mol. The molecule has 0 aliphatic rings. The molecule has 0 aliphatic carbocycles. The molecule has 1 amide bonds. The molecule has 0 spiro atoms. The van der Waals surface area contributed by atoms with Gasteiger partial charge in [0.15, 0.2) is 0 Å². The lowest BCUT2D eigenvalue weighted by atomic mass is 9.93. The van der Waals surface area contributed by atoms with Crippen LogP contribution in [0, 0.1) is 5.41 Å². The monoisotopic (exact) mass is 244 g/mol. The highest BCUT2D eigenvalue weighted by Crippen LogP contribution is 2.17. The Morgan fingerprint density at radius 2 is 1.88 bits per heavy atom. The topological polar surface area (TPSA) is 64.3 Å². The molecule has 0 saturated heterocycles. The van der Waals surface area contributed by atoms with Gasteiger partial charge in [-0.05, 0) is 18.3 Å². The van der Waals surface area contributed by atoms with Crippen molar-refractivity contribution in [1.29, 1.82) is 0 Å². The Bertz CT molecular complexity index is 222. The molecule has 4 nitrogen and oxygen atoms in total. The van der Waals surface area contributed by atoms with Crippen molar-refractivity contribution in [3.05, 3.63) is 0 Å². The highest BCUT2D eigenvalue weighted by atomic mass is 16.5. The fraction of sp³-hybridized carbons (Fsp3) is 0.923. The minimum atomic E-state index is -0.307.